The molecule has 1 aromatic heterocycles. The van der Waals surface area contributed by atoms with Gasteiger partial charge in [-0.05, 0) is 25.5 Å². The molecule has 1 saturated heterocycles. The number of aromatic nitrogens is 3. The molecule has 0 bridgehead atoms. The Morgan fingerprint density at radius 1 is 1.13 bits per heavy atom. The van der Waals surface area contributed by atoms with Crippen molar-refractivity contribution in [1.82, 2.24) is 24.6 Å². The molecule has 1 atom stereocenters. The molecule has 1 amide bonds. The lowest BCUT2D eigenvalue weighted by molar-refractivity contribution is 0.0758. The highest BCUT2D eigenvalue weighted by Gasteiger charge is 2.25. The van der Waals surface area contributed by atoms with Gasteiger partial charge in [-0.2, -0.15) is 0 Å². The summed E-state index contributed by atoms with van der Waals surface area (Å²) in [6, 6.07) is 9.72. The first-order valence-electron chi connectivity index (χ1n) is 8.09. The van der Waals surface area contributed by atoms with Crippen molar-refractivity contribution in [3.8, 4) is 0 Å². The summed E-state index contributed by atoms with van der Waals surface area (Å²) in [7, 11) is 1.97. The number of carbonyl (C=O) groups excluding carboxylic acids is 1. The van der Waals surface area contributed by atoms with Gasteiger partial charge in [0, 0.05) is 38.8 Å². The zero-order valence-corrected chi connectivity index (χ0v) is 13.7. The molecule has 1 aliphatic rings. The van der Waals surface area contributed by atoms with Crippen molar-refractivity contribution in [2.24, 2.45) is 7.05 Å². The van der Waals surface area contributed by atoms with Crippen LogP contribution in [0.25, 0.3) is 0 Å². The van der Waals surface area contributed by atoms with Crippen LogP contribution in [-0.4, -0.2) is 56.7 Å². The fourth-order valence-corrected chi connectivity index (χ4v) is 3.12. The van der Waals surface area contributed by atoms with Gasteiger partial charge < -0.3 is 9.47 Å². The Kier molecular flexibility index (Phi) is 4.71. The molecule has 1 unspecified atom stereocenters. The van der Waals surface area contributed by atoms with Crippen LogP contribution in [-0.2, 0) is 7.05 Å². The molecule has 1 fully saturated rings. The summed E-state index contributed by atoms with van der Waals surface area (Å²) >= 11 is 0. The van der Waals surface area contributed by atoms with Crippen molar-refractivity contribution in [1.29, 1.82) is 0 Å². The third-order valence-electron chi connectivity index (χ3n) is 4.51. The Bertz CT molecular complexity index is 654. The van der Waals surface area contributed by atoms with Crippen LogP contribution in [0.15, 0.2) is 36.7 Å². The Morgan fingerprint density at radius 2 is 1.91 bits per heavy atom. The maximum atomic E-state index is 12.6. The summed E-state index contributed by atoms with van der Waals surface area (Å²) in [5.74, 6) is 1.09. The predicted octanol–water partition coefficient (Wildman–Crippen LogP) is 1.72. The van der Waals surface area contributed by atoms with Crippen molar-refractivity contribution in [3.05, 3.63) is 48.0 Å². The van der Waals surface area contributed by atoms with Crippen LogP contribution in [0.5, 0.6) is 0 Å². The first kappa shape index (κ1) is 15.7. The van der Waals surface area contributed by atoms with E-state index in [-0.39, 0.29) is 11.9 Å². The van der Waals surface area contributed by atoms with Gasteiger partial charge in [-0.25, -0.2) is 0 Å². The van der Waals surface area contributed by atoms with Crippen molar-refractivity contribution < 1.29 is 4.79 Å². The van der Waals surface area contributed by atoms with Crippen molar-refractivity contribution in [2.75, 3.05) is 26.2 Å². The molecular weight excluding hydrogens is 290 g/mol. The molecule has 2 aromatic rings. The fourth-order valence-electron chi connectivity index (χ4n) is 3.12. The molecule has 0 spiro atoms. The van der Waals surface area contributed by atoms with Gasteiger partial charge in [-0.3, -0.25) is 9.69 Å². The summed E-state index contributed by atoms with van der Waals surface area (Å²) in [4.78, 5) is 16.9. The molecule has 23 heavy (non-hydrogen) atoms. The van der Waals surface area contributed by atoms with Crippen LogP contribution in [0.4, 0.5) is 0 Å². The Morgan fingerprint density at radius 3 is 2.61 bits per heavy atom. The number of rotatable bonds is 3. The lowest BCUT2D eigenvalue weighted by Crippen LogP contribution is -2.36. The van der Waals surface area contributed by atoms with E-state index in [1.807, 2.05) is 46.8 Å². The number of nitrogens with zero attached hydrogens (tertiary/aromatic N) is 5. The highest BCUT2D eigenvalue weighted by atomic mass is 16.2. The van der Waals surface area contributed by atoms with Crippen LogP contribution in [0.1, 0.15) is 35.6 Å². The van der Waals surface area contributed by atoms with Crippen LogP contribution >= 0.6 is 0 Å². The number of hydrogen-bond acceptors (Lipinski definition) is 4. The molecule has 3 rings (SSSR count). The number of carbonyl (C=O) groups is 1. The topological polar surface area (TPSA) is 54.3 Å². The van der Waals surface area contributed by atoms with E-state index in [2.05, 4.69) is 22.0 Å². The van der Waals surface area contributed by atoms with E-state index in [0.717, 1.165) is 44.0 Å². The highest BCUT2D eigenvalue weighted by Crippen LogP contribution is 2.19. The van der Waals surface area contributed by atoms with Gasteiger partial charge in [-0.15, -0.1) is 10.2 Å². The van der Waals surface area contributed by atoms with Gasteiger partial charge in [0.25, 0.3) is 5.91 Å². The molecule has 6 nitrogen and oxygen atoms in total. The highest BCUT2D eigenvalue weighted by molar-refractivity contribution is 5.94. The first-order chi connectivity index (χ1) is 11.2. The normalized spacial score (nSPS) is 17.7. The van der Waals surface area contributed by atoms with Gasteiger partial charge in [-0.1, -0.05) is 18.2 Å². The Labute approximate surface area is 136 Å². The van der Waals surface area contributed by atoms with Crippen LogP contribution in [0.3, 0.4) is 0 Å². The number of aryl methyl sites for hydroxylation is 1. The lowest BCUT2D eigenvalue weighted by Gasteiger charge is -2.27. The minimum atomic E-state index is 0.124. The predicted molar refractivity (Wildman–Crippen MR) is 88.0 cm³/mol. The van der Waals surface area contributed by atoms with E-state index < -0.39 is 0 Å². The monoisotopic (exact) mass is 313 g/mol. The van der Waals surface area contributed by atoms with Gasteiger partial charge in [0.15, 0.2) is 0 Å². The fraction of sp³-hybridized carbons (Fsp3) is 0.471. The second kappa shape index (κ2) is 6.91. The summed E-state index contributed by atoms with van der Waals surface area (Å²) in [6.45, 7) is 5.52. The van der Waals surface area contributed by atoms with Gasteiger partial charge in [0.2, 0.25) is 0 Å². The largest absolute Gasteiger partial charge is 0.337 e. The van der Waals surface area contributed by atoms with E-state index in [9.17, 15) is 4.79 Å². The van der Waals surface area contributed by atoms with E-state index >= 15 is 0 Å². The second-order valence-electron chi connectivity index (χ2n) is 6.02. The molecule has 0 N–H and O–H groups in total. The Balaban J connectivity index is 1.65. The number of amides is 1. The summed E-state index contributed by atoms with van der Waals surface area (Å²) in [5.41, 5.74) is 0.766. The third kappa shape index (κ3) is 3.42. The van der Waals surface area contributed by atoms with E-state index in [0.29, 0.717) is 0 Å². The quantitative estimate of drug-likeness (QED) is 0.866. The Hall–Kier alpha value is -2.21. The molecule has 6 heteroatoms. The lowest BCUT2D eigenvalue weighted by atomic mass is 10.2. The van der Waals surface area contributed by atoms with Crippen LogP contribution in [0.2, 0.25) is 0 Å². The minimum Gasteiger partial charge on any atom is -0.337 e. The summed E-state index contributed by atoms with van der Waals surface area (Å²) in [5, 5.41) is 8.18. The van der Waals surface area contributed by atoms with Crippen molar-refractivity contribution >= 4 is 5.91 Å². The second-order valence-corrected chi connectivity index (χ2v) is 6.02. The van der Waals surface area contributed by atoms with Crippen LogP contribution in [0, 0.1) is 0 Å². The van der Waals surface area contributed by atoms with Crippen molar-refractivity contribution in [2.45, 2.75) is 19.4 Å². The molecule has 122 valence electrons. The smallest absolute Gasteiger partial charge is 0.253 e. The number of hydrogen-bond donors (Lipinski definition) is 0. The molecule has 1 aromatic carbocycles. The van der Waals surface area contributed by atoms with E-state index in [1.165, 1.54) is 0 Å². The van der Waals surface area contributed by atoms with Gasteiger partial charge in [0.1, 0.15) is 12.2 Å². The average Bonchev–Trinajstić information content (AvgIpc) is 2.86. The maximum absolute atomic E-state index is 12.6. The maximum Gasteiger partial charge on any atom is 0.253 e. The van der Waals surface area contributed by atoms with E-state index in [4.69, 9.17) is 0 Å². The molecule has 0 aliphatic carbocycles. The summed E-state index contributed by atoms with van der Waals surface area (Å²) < 4.78 is 1.96. The zero-order chi connectivity index (χ0) is 16.2. The average molecular weight is 313 g/mol. The molecule has 0 saturated carbocycles. The first-order valence-corrected chi connectivity index (χ1v) is 8.09. The molecular formula is C17H23N5O. The van der Waals surface area contributed by atoms with E-state index in [1.54, 1.807) is 6.33 Å². The molecule has 0 radical (unpaired) electrons. The number of benzene rings is 1. The molecule has 1 aliphatic heterocycles. The summed E-state index contributed by atoms with van der Waals surface area (Å²) in [6.07, 6.45) is 2.70. The molecule has 2 heterocycles. The standard InChI is InChI=1S/C17H23N5O/c1-14(16-19-18-13-20(16)2)21-9-6-10-22(12-11-21)17(23)15-7-4-3-5-8-15/h3-5,7-8,13-14H,6,9-12H2,1-2H3. The SMILES string of the molecule is CC(c1nncn1C)N1CCCN(C(=O)c2ccccc2)CC1. The third-order valence-corrected chi connectivity index (χ3v) is 4.51. The zero-order valence-electron chi connectivity index (χ0n) is 13.7. The minimum absolute atomic E-state index is 0.124. The van der Waals surface area contributed by atoms with Gasteiger partial charge >= 0.3 is 0 Å². The van der Waals surface area contributed by atoms with Crippen LogP contribution < -0.4 is 0 Å². The van der Waals surface area contributed by atoms with Gasteiger partial charge in [0.05, 0.1) is 6.04 Å². The van der Waals surface area contributed by atoms with Crippen molar-refractivity contribution in [3.63, 3.8) is 0 Å².